The van der Waals surface area contributed by atoms with Crippen molar-refractivity contribution < 1.29 is 27.9 Å². The number of carbonyl (C=O) groups excluding carboxylic acids is 1. The summed E-state index contributed by atoms with van der Waals surface area (Å²) in [5.41, 5.74) is -0.769. The first kappa shape index (κ1) is 16.7. The summed E-state index contributed by atoms with van der Waals surface area (Å²) in [6, 6.07) is 3.90. The average molecular weight is 333 g/mol. The minimum atomic E-state index is -4.43. The van der Waals surface area contributed by atoms with Gasteiger partial charge < -0.3 is 10.0 Å². The first-order chi connectivity index (χ1) is 10.3. The Balaban J connectivity index is 1.98. The van der Waals surface area contributed by atoms with Crippen molar-refractivity contribution in [3.05, 3.63) is 29.8 Å². The number of hydrogen-bond donors (Lipinski definition) is 1. The Hall–Kier alpha value is -1.70. The third kappa shape index (κ3) is 3.94. The molecule has 8 heteroatoms. The minimum Gasteiger partial charge on any atom is -0.480 e. The number of aliphatic carboxylic acids is 1. The van der Waals surface area contributed by atoms with Crippen molar-refractivity contribution in [2.75, 3.05) is 12.3 Å². The van der Waals surface area contributed by atoms with Gasteiger partial charge in [0.25, 0.3) is 0 Å². The Morgan fingerprint density at radius 2 is 2.09 bits per heavy atom. The van der Waals surface area contributed by atoms with Crippen LogP contribution in [0.25, 0.3) is 0 Å². The first-order valence-electron chi connectivity index (χ1n) is 6.61. The fraction of sp³-hybridized carbons (Fsp3) is 0.429. The maximum absolute atomic E-state index is 12.6. The van der Waals surface area contributed by atoms with Gasteiger partial charge in [-0.2, -0.15) is 13.2 Å². The van der Waals surface area contributed by atoms with Gasteiger partial charge in [0, 0.05) is 11.4 Å². The lowest BCUT2D eigenvalue weighted by molar-refractivity contribution is -0.147. The quantitative estimate of drug-likeness (QED) is 0.861. The molecule has 1 atom stereocenters. The molecule has 1 amide bonds. The highest BCUT2D eigenvalue weighted by Crippen LogP contribution is 2.32. The number of alkyl halides is 3. The highest BCUT2D eigenvalue weighted by atomic mass is 32.2. The molecule has 120 valence electrons. The molecule has 0 aliphatic carbocycles. The fourth-order valence-corrected chi connectivity index (χ4v) is 3.15. The van der Waals surface area contributed by atoms with Crippen LogP contribution in [0.4, 0.5) is 13.2 Å². The van der Waals surface area contributed by atoms with E-state index in [1.807, 2.05) is 0 Å². The maximum atomic E-state index is 12.6. The number of carboxylic acid groups (broad SMARTS) is 1. The van der Waals surface area contributed by atoms with Gasteiger partial charge >= 0.3 is 12.1 Å². The van der Waals surface area contributed by atoms with E-state index < -0.39 is 23.8 Å². The second kappa shape index (κ2) is 6.60. The molecule has 1 aromatic rings. The number of hydrogen-bond acceptors (Lipinski definition) is 3. The molecule has 1 aromatic carbocycles. The summed E-state index contributed by atoms with van der Waals surface area (Å²) in [6.07, 6.45) is -3.39. The molecule has 2 rings (SSSR count). The van der Waals surface area contributed by atoms with Crippen molar-refractivity contribution in [3.8, 4) is 0 Å². The van der Waals surface area contributed by atoms with Crippen molar-refractivity contribution in [1.29, 1.82) is 0 Å². The van der Waals surface area contributed by atoms with E-state index in [0.717, 1.165) is 23.9 Å². The number of rotatable bonds is 4. The van der Waals surface area contributed by atoms with Crippen LogP contribution in [-0.2, 0) is 15.8 Å². The largest absolute Gasteiger partial charge is 0.480 e. The van der Waals surface area contributed by atoms with Crippen LogP contribution >= 0.6 is 11.8 Å². The lowest BCUT2D eigenvalue weighted by Gasteiger charge is -2.21. The van der Waals surface area contributed by atoms with E-state index in [0.29, 0.717) is 24.3 Å². The van der Waals surface area contributed by atoms with Crippen LogP contribution in [0.3, 0.4) is 0 Å². The zero-order valence-corrected chi connectivity index (χ0v) is 12.3. The molecule has 0 unspecified atom stereocenters. The Kier molecular flexibility index (Phi) is 5.00. The van der Waals surface area contributed by atoms with E-state index in [1.54, 1.807) is 0 Å². The second-order valence-electron chi connectivity index (χ2n) is 4.90. The number of carboxylic acids is 1. The molecule has 1 aliphatic rings. The molecule has 1 N–H and O–H groups in total. The molecule has 4 nitrogen and oxygen atoms in total. The number of carbonyl (C=O) groups is 2. The molecule has 0 radical (unpaired) electrons. The van der Waals surface area contributed by atoms with Crippen LogP contribution in [0.1, 0.15) is 18.4 Å². The Morgan fingerprint density at radius 3 is 2.73 bits per heavy atom. The summed E-state index contributed by atoms with van der Waals surface area (Å²) in [6.45, 7) is 0.374. The smallest absolute Gasteiger partial charge is 0.416 e. The van der Waals surface area contributed by atoms with Gasteiger partial charge in [-0.3, -0.25) is 4.79 Å². The van der Waals surface area contributed by atoms with Crippen LogP contribution in [0.15, 0.2) is 29.2 Å². The highest BCUT2D eigenvalue weighted by Gasteiger charge is 2.34. The van der Waals surface area contributed by atoms with Crippen molar-refractivity contribution in [2.24, 2.45) is 0 Å². The number of thioether (sulfide) groups is 1. The lowest BCUT2D eigenvalue weighted by atomic mass is 10.2. The average Bonchev–Trinajstić information content (AvgIpc) is 2.94. The van der Waals surface area contributed by atoms with E-state index in [1.165, 1.54) is 17.0 Å². The van der Waals surface area contributed by atoms with Crippen LogP contribution in [0, 0.1) is 0 Å². The van der Waals surface area contributed by atoms with Crippen molar-refractivity contribution in [3.63, 3.8) is 0 Å². The molecule has 0 saturated carbocycles. The van der Waals surface area contributed by atoms with E-state index in [2.05, 4.69) is 0 Å². The highest BCUT2D eigenvalue weighted by molar-refractivity contribution is 8.00. The predicted octanol–water partition coefficient (Wildman–Crippen LogP) is 2.87. The van der Waals surface area contributed by atoms with Crippen molar-refractivity contribution in [1.82, 2.24) is 4.90 Å². The second-order valence-corrected chi connectivity index (χ2v) is 5.95. The van der Waals surface area contributed by atoms with Crippen molar-refractivity contribution >= 4 is 23.6 Å². The Morgan fingerprint density at radius 1 is 1.36 bits per heavy atom. The van der Waals surface area contributed by atoms with Crippen molar-refractivity contribution in [2.45, 2.75) is 30.0 Å². The normalized spacial score (nSPS) is 18.5. The summed E-state index contributed by atoms with van der Waals surface area (Å²) in [7, 11) is 0. The molecule has 0 aromatic heterocycles. The summed E-state index contributed by atoms with van der Waals surface area (Å²) >= 11 is 0.975. The van der Waals surface area contributed by atoms with Gasteiger partial charge in [0.15, 0.2) is 0 Å². The van der Waals surface area contributed by atoms with Crippen LogP contribution in [-0.4, -0.2) is 40.2 Å². The molecule has 1 saturated heterocycles. The summed E-state index contributed by atoms with van der Waals surface area (Å²) in [5.74, 6) is -1.49. The van der Waals surface area contributed by atoms with E-state index >= 15 is 0 Å². The molecule has 1 aliphatic heterocycles. The van der Waals surface area contributed by atoms with E-state index in [9.17, 15) is 22.8 Å². The number of likely N-dealkylation sites (tertiary alicyclic amines) is 1. The third-order valence-corrected chi connectivity index (χ3v) is 4.36. The SMILES string of the molecule is O=C(O)[C@@H]1CCCN1C(=O)CSc1cccc(C(F)(F)F)c1. The minimum absolute atomic E-state index is 0.0783. The number of halogens is 3. The van der Waals surface area contributed by atoms with Crippen LogP contribution in [0.2, 0.25) is 0 Å². The third-order valence-electron chi connectivity index (χ3n) is 3.38. The van der Waals surface area contributed by atoms with Gasteiger partial charge in [-0.1, -0.05) is 6.07 Å². The van der Waals surface area contributed by atoms with Crippen LogP contribution < -0.4 is 0 Å². The monoisotopic (exact) mass is 333 g/mol. The van der Waals surface area contributed by atoms with E-state index in [4.69, 9.17) is 5.11 Å². The van der Waals surface area contributed by atoms with E-state index in [-0.39, 0.29) is 11.7 Å². The predicted molar refractivity (Wildman–Crippen MR) is 74.5 cm³/mol. The Labute approximate surface area is 129 Å². The molecule has 0 spiro atoms. The summed E-state index contributed by atoms with van der Waals surface area (Å²) in [4.78, 5) is 24.7. The lowest BCUT2D eigenvalue weighted by Crippen LogP contribution is -2.41. The maximum Gasteiger partial charge on any atom is 0.416 e. The van der Waals surface area contributed by atoms with Gasteiger partial charge in [0.1, 0.15) is 6.04 Å². The molecular formula is C14H14F3NO3S. The summed E-state index contributed by atoms with van der Waals surface area (Å²) in [5, 5.41) is 9.02. The molecule has 22 heavy (non-hydrogen) atoms. The number of benzene rings is 1. The van der Waals surface area contributed by atoms with Crippen LogP contribution in [0.5, 0.6) is 0 Å². The topological polar surface area (TPSA) is 57.6 Å². The molecule has 1 fully saturated rings. The Bertz CT molecular complexity index is 577. The standard InChI is InChI=1S/C14H14F3NO3S/c15-14(16,17)9-3-1-4-10(7-9)22-8-12(19)18-6-2-5-11(18)13(20)21/h1,3-4,7,11H,2,5-6,8H2,(H,20,21)/t11-/m0/s1. The zero-order chi connectivity index (χ0) is 16.3. The number of nitrogens with zero attached hydrogens (tertiary/aromatic N) is 1. The number of amides is 1. The molecule has 1 heterocycles. The molecular weight excluding hydrogens is 319 g/mol. The van der Waals surface area contributed by atoms with Gasteiger partial charge in [-0.05, 0) is 31.0 Å². The summed E-state index contributed by atoms with van der Waals surface area (Å²) < 4.78 is 37.8. The first-order valence-corrected chi connectivity index (χ1v) is 7.60. The fourth-order valence-electron chi connectivity index (χ4n) is 2.31. The van der Waals surface area contributed by atoms with Gasteiger partial charge in [0.05, 0.1) is 11.3 Å². The van der Waals surface area contributed by atoms with Gasteiger partial charge in [-0.25, -0.2) is 4.79 Å². The zero-order valence-electron chi connectivity index (χ0n) is 11.5. The van der Waals surface area contributed by atoms with Gasteiger partial charge in [-0.15, -0.1) is 11.8 Å². The molecule has 0 bridgehead atoms. The van der Waals surface area contributed by atoms with Gasteiger partial charge in [0.2, 0.25) is 5.91 Å².